The maximum absolute atomic E-state index is 12.3. The Kier molecular flexibility index (Phi) is 7.62. The minimum absolute atomic E-state index is 0. The van der Waals surface area contributed by atoms with Gasteiger partial charge in [-0.2, -0.15) is 0 Å². The Morgan fingerprint density at radius 1 is 1.12 bits per heavy atom. The van der Waals surface area contributed by atoms with E-state index in [-0.39, 0.29) is 29.1 Å². The molecule has 1 amide bonds. The summed E-state index contributed by atoms with van der Waals surface area (Å²) >= 11 is 0. The lowest BCUT2D eigenvalue weighted by Crippen LogP contribution is -2.27. The highest BCUT2D eigenvalue weighted by atomic mass is 35.5. The van der Waals surface area contributed by atoms with Gasteiger partial charge in [0.2, 0.25) is 10.0 Å². The van der Waals surface area contributed by atoms with Crippen LogP contribution in [-0.2, 0) is 10.0 Å². The topological polar surface area (TPSA) is 101 Å². The van der Waals surface area contributed by atoms with Crippen molar-refractivity contribution in [2.45, 2.75) is 25.7 Å². The molecule has 0 bridgehead atoms. The quantitative estimate of drug-likeness (QED) is 0.651. The number of rotatable bonds is 6. The molecule has 0 saturated heterocycles. The number of sulfonamides is 1. The number of hydrogen-bond acceptors (Lipinski definition) is 4. The van der Waals surface area contributed by atoms with Crippen molar-refractivity contribution in [2.75, 3.05) is 17.6 Å². The van der Waals surface area contributed by atoms with Crippen molar-refractivity contribution >= 4 is 39.7 Å². The molecule has 0 aliphatic rings. The van der Waals surface area contributed by atoms with E-state index in [1.54, 1.807) is 12.1 Å². The molecule has 0 unspecified atom stereocenters. The average Bonchev–Trinajstić information content (AvgIpc) is 2.56. The van der Waals surface area contributed by atoms with Crippen molar-refractivity contribution in [3.8, 4) is 0 Å². The van der Waals surface area contributed by atoms with Crippen molar-refractivity contribution < 1.29 is 13.2 Å². The normalized spacial score (nSPS) is 11.1. The van der Waals surface area contributed by atoms with E-state index in [4.69, 9.17) is 5.73 Å². The van der Waals surface area contributed by atoms with E-state index >= 15 is 0 Å². The molecule has 142 valence electrons. The largest absolute Gasteiger partial charge is 0.399 e. The Balaban J connectivity index is 0.00000338. The summed E-state index contributed by atoms with van der Waals surface area (Å²) in [5.74, 6) is -0.117. The summed E-state index contributed by atoms with van der Waals surface area (Å²) in [7, 11) is -3.57. The molecule has 0 saturated carbocycles. The molecular formula is C18H24ClN3O3S. The van der Waals surface area contributed by atoms with Crippen LogP contribution in [0.25, 0.3) is 0 Å². The third-order valence-electron chi connectivity index (χ3n) is 3.62. The molecule has 0 radical (unpaired) electrons. The van der Waals surface area contributed by atoms with Crippen molar-refractivity contribution in [3.05, 3.63) is 53.6 Å². The number of anilines is 2. The monoisotopic (exact) mass is 397 g/mol. The molecule has 26 heavy (non-hydrogen) atoms. The number of halogens is 1. The Hall–Kier alpha value is -2.09. The van der Waals surface area contributed by atoms with E-state index < -0.39 is 10.0 Å². The Bertz CT molecular complexity index is 866. The van der Waals surface area contributed by atoms with Gasteiger partial charge in [-0.15, -0.1) is 12.4 Å². The van der Waals surface area contributed by atoms with E-state index in [1.807, 2.05) is 26.8 Å². The number of carbonyl (C=O) groups is 1. The second kappa shape index (κ2) is 9.02. The van der Waals surface area contributed by atoms with Crippen LogP contribution in [0.1, 0.15) is 29.8 Å². The van der Waals surface area contributed by atoms with E-state index in [0.717, 1.165) is 5.56 Å². The molecule has 0 aliphatic heterocycles. The van der Waals surface area contributed by atoms with Gasteiger partial charge in [-0.25, -0.2) is 13.1 Å². The van der Waals surface area contributed by atoms with Crippen LogP contribution in [0.2, 0.25) is 0 Å². The average molecular weight is 398 g/mol. The molecule has 0 heterocycles. The van der Waals surface area contributed by atoms with Crippen LogP contribution in [0, 0.1) is 12.8 Å². The number of benzene rings is 2. The van der Waals surface area contributed by atoms with Crippen LogP contribution >= 0.6 is 12.4 Å². The number of nitrogen functional groups attached to an aromatic ring is 1. The highest BCUT2D eigenvalue weighted by Crippen LogP contribution is 2.19. The van der Waals surface area contributed by atoms with Gasteiger partial charge in [0.25, 0.3) is 5.91 Å². The first-order valence-corrected chi connectivity index (χ1v) is 9.44. The van der Waals surface area contributed by atoms with E-state index in [0.29, 0.717) is 23.5 Å². The van der Waals surface area contributed by atoms with E-state index in [1.165, 1.54) is 24.3 Å². The lowest BCUT2D eigenvalue weighted by atomic mass is 10.1. The van der Waals surface area contributed by atoms with Crippen LogP contribution in [0.3, 0.4) is 0 Å². The molecule has 0 aromatic heterocycles. The summed E-state index contributed by atoms with van der Waals surface area (Å²) in [6.45, 7) is 6.08. The number of hydrogen-bond donors (Lipinski definition) is 3. The van der Waals surface area contributed by atoms with Gasteiger partial charge in [0, 0.05) is 23.5 Å². The molecular weight excluding hydrogens is 374 g/mol. The minimum Gasteiger partial charge on any atom is -0.399 e. The molecule has 0 fully saturated rings. The second-order valence-corrected chi connectivity index (χ2v) is 8.07. The molecule has 2 aromatic rings. The predicted molar refractivity (Wildman–Crippen MR) is 107 cm³/mol. The van der Waals surface area contributed by atoms with Gasteiger partial charge in [0.1, 0.15) is 0 Å². The van der Waals surface area contributed by atoms with Crippen molar-refractivity contribution in [3.63, 3.8) is 0 Å². The molecule has 6 nitrogen and oxygen atoms in total. The zero-order valence-corrected chi connectivity index (χ0v) is 16.6. The predicted octanol–water partition coefficient (Wildman–Crippen LogP) is 3.19. The summed E-state index contributed by atoms with van der Waals surface area (Å²) in [6, 6.07) is 11.1. The van der Waals surface area contributed by atoms with Crippen LogP contribution < -0.4 is 15.8 Å². The smallest absolute Gasteiger partial charge is 0.255 e. The number of nitrogens with one attached hydrogen (secondary N) is 2. The fraction of sp³-hybridized carbons (Fsp3) is 0.278. The number of aryl methyl sites for hydroxylation is 1. The summed E-state index contributed by atoms with van der Waals surface area (Å²) in [4.78, 5) is 12.5. The Morgan fingerprint density at radius 2 is 1.73 bits per heavy atom. The van der Waals surface area contributed by atoms with Crippen molar-refractivity contribution in [1.82, 2.24) is 4.72 Å². The Labute approximate surface area is 160 Å². The van der Waals surface area contributed by atoms with Crippen molar-refractivity contribution in [1.29, 1.82) is 0 Å². The van der Waals surface area contributed by atoms with E-state index in [9.17, 15) is 13.2 Å². The second-order valence-electron chi connectivity index (χ2n) is 6.30. The number of amides is 1. The molecule has 0 atom stereocenters. The van der Waals surface area contributed by atoms with Gasteiger partial charge in [0.05, 0.1) is 4.90 Å². The minimum atomic E-state index is -3.57. The lowest BCUT2D eigenvalue weighted by Gasteiger charge is -2.11. The summed E-state index contributed by atoms with van der Waals surface area (Å²) in [6.07, 6.45) is 0. The highest BCUT2D eigenvalue weighted by molar-refractivity contribution is 7.89. The zero-order chi connectivity index (χ0) is 18.6. The maximum Gasteiger partial charge on any atom is 0.255 e. The third kappa shape index (κ3) is 5.72. The van der Waals surface area contributed by atoms with Gasteiger partial charge >= 0.3 is 0 Å². The van der Waals surface area contributed by atoms with Gasteiger partial charge in [-0.3, -0.25) is 4.79 Å². The van der Waals surface area contributed by atoms with Crippen LogP contribution in [0.4, 0.5) is 11.4 Å². The first-order chi connectivity index (χ1) is 11.7. The van der Waals surface area contributed by atoms with Crippen molar-refractivity contribution in [2.24, 2.45) is 5.92 Å². The fourth-order valence-corrected chi connectivity index (χ4v) is 3.33. The van der Waals surface area contributed by atoms with Crippen LogP contribution in [-0.4, -0.2) is 20.9 Å². The maximum atomic E-state index is 12.3. The lowest BCUT2D eigenvalue weighted by molar-refractivity contribution is 0.102. The fourth-order valence-electron chi connectivity index (χ4n) is 2.11. The third-order valence-corrected chi connectivity index (χ3v) is 5.06. The van der Waals surface area contributed by atoms with Gasteiger partial charge in [0.15, 0.2) is 0 Å². The highest BCUT2D eigenvalue weighted by Gasteiger charge is 2.15. The SMILES string of the molecule is Cc1ccc(N)cc1NC(=O)c1ccc(S(=O)(=O)NCC(C)C)cc1.Cl. The summed E-state index contributed by atoms with van der Waals surface area (Å²) in [5.41, 5.74) is 8.17. The van der Waals surface area contributed by atoms with E-state index in [2.05, 4.69) is 10.0 Å². The summed E-state index contributed by atoms with van der Waals surface area (Å²) in [5, 5.41) is 2.78. The van der Waals surface area contributed by atoms with Gasteiger partial charge in [-0.1, -0.05) is 19.9 Å². The molecule has 0 aliphatic carbocycles. The first-order valence-electron chi connectivity index (χ1n) is 7.96. The van der Waals surface area contributed by atoms with Gasteiger partial charge < -0.3 is 11.1 Å². The van der Waals surface area contributed by atoms with Crippen LogP contribution in [0.15, 0.2) is 47.4 Å². The standard InChI is InChI=1S/C18H23N3O3S.ClH/c1-12(2)11-20-25(23,24)16-8-5-14(6-9-16)18(22)21-17-10-15(19)7-4-13(17)3;/h4-10,12,20H,11,19H2,1-3H3,(H,21,22);1H. The first kappa shape index (κ1) is 22.0. The molecule has 4 N–H and O–H groups in total. The molecule has 0 spiro atoms. The molecule has 8 heteroatoms. The number of carbonyl (C=O) groups excluding carboxylic acids is 1. The number of nitrogens with two attached hydrogens (primary N) is 1. The van der Waals surface area contributed by atoms with Crippen LogP contribution in [0.5, 0.6) is 0 Å². The summed E-state index contributed by atoms with van der Waals surface area (Å²) < 4.78 is 26.9. The zero-order valence-electron chi connectivity index (χ0n) is 14.9. The molecule has 2 rings (SSSR count). The Morgan fingerprint density at radius 3 is 2.31 bits per heavy atom. The molecule has 2 aromatic carbocycles. The van der Waals surface area contributed by atoms with Gasteiger partial charge in [-0.05, 0) is 54.8 Å².